The minimum atomic E-state index is -0.340. The zero-order valence-electron chi connectivity index (χ0n) is 18.7. The van der Waals surface area contributed by atoms with Gasteiger partial charge in [0.15, 0.2) is 0 Å². The zero-order valence-corrected chi connectivity index (χ0v) is 18.7. The Kier molecular flexibility index (Phi) is 5.57. The maximum atomic E-state index is 10.2. The fourth-order valence-electron chi connectivity index (χ4n) is 4.44. The van der Waals surface area contributed by atoms with Crippen LogP contribution in [-0.2, 0) is 0 Å². The topological polar surface area (TPSA) is 75.7 Å². The van der Waals surface area contributed by atoms with Crippen LogP contribution in [0.15, 0.2) is 71.0 Å². The molecule has 1 saturated heterocycles. The molecule has 33 heavy (non-hydrogen) atoms. The summed E-state index contributed by atoms with van der Waals surface area (Å²) in [7, 11) is 1.64. The molecule has 3 heterocycles. The summed E-state index contributed by atoms with van der Waals surface area (Å²) in [5, 5.41) is 15.0. The summed E-state index contributed by atoms with van der Waals surface area (Å²) in [6, 6.07) is 20.0. The number of fused-ring (bicyclic) bond motifs is 1. The molecule has 0 saturated carbocycles. The van der Waals surface area contributed by atoms with E-state index < -0.39 is 0 Å². The lowest BCUT2D eigenvalue weighted by Crippen LogP contribution is -2.20. The highest BCUT2D eigenvalue weighted by Gasteiger charge is 2.37. The number of aliphatic imine (C=N–C) groups is 1. The first-order valence-electron chi connectivity index (χ1n) is 11.1. The normalized spacial score (nSPS) is 17.7. The highest BCUT2D eigenvalue weighted by atomic mass is 16.5. The number of benzene rings is 2. The average Bonchev–Trinajstić information content (AvgIpc) is 3.50. The number of rotatable bonds is 5. The Labute approximate surface area is 193 Å². The van der Waals surface area contributed by atoms with Gasteiger partial charge in [-0.1, -0.05) is 30.3 Å². The Hall–Kier alpha value is -4.05. The van der Waals surface area contributed by atoms with Crippen molar-refractivity contribution >= 4 is 6.34 Å². The first kappa shape index (κ1) is 20.8. The van der Waals surface area contributed by atoms with Crippen molar-refractivity contribution in [2.24, 2.45) is 4.99 Å². The van der Waals surface area contributed by atoms with E-state index in [1.165, 1.54) is 0 Å². The van der Waals surface area contributed by atoms with Crippen LogP contribution in [-0.4, -0.2) is 41.2 Å². The van der Waals surface area contributed by atoms with Crippen LogP contribution in [0.5, 0.6) is 11.6 Å². The number of nitriles is 1. The summed E-state index contributed by atoms with van der Waals surface area (Å²) in [5.41, 5.74) is 4.00. The first-order valence-corrected chi connectivity index (χ1v) is 11.1. The number of hydrogen-bond donors (Lipinski definition) is 0. The molecule has 0 amide bonds. The van der Waals surface area contributed by atoms with Crippen LogP contribution in [0.3, 0.4) is 0 Å². The number of aromatic nitrogens is 2. The predicted octanol–water partition coefficient (Wildman–Crippen LogP) is 4.57. The quantitative estimate of drug-likeness (QED) is 0.430. The minimum absolute atomic E-state index is 0.315. The summed E-state index contributed by atoms with van der Waals surface area (Å²) in [5.74, 6) is 1.33. The Morgan fingerprint density at radius 2 is 1.85 bits per heavy atom. The molecule has 1 fully saturated rings. The van der Waals surface area contributed by atoms with Crippen LogP contribution in [0.25, 0.3) is 5.69 Å². The standard InChI is InChI=1S/C26H25N5O2/c1-18-23-24(19-10-12-21(32-2)13-11-19)22(16-27)25(28-17-30-14-6-7-15-30)33-26(23)31(29-18)20-8-4-3-5-9-20/h3-5,8-13,17,24H,6-7,14-15H2,1-2H3/t24-/m0/s1. The molecule has 1 atom stereocenters. The third-order valence-corrected chi connectivity index (χ3v) is 6.11. The lowest BCUT2D eigenvalue weighted by molar-refractivity contribution is 0.366. The summed E-state index contributed by atoms with van der Waals surface area (Å²) < 4.78 is 13.4. The number of hydrogen-bond acceptors (Lipinski definition) is 5. The van der Waals surface area contributed by atoms with Crippen LogP contribution in [0.1, 0.15) is 35.6 Å². The lowest BCUT2D eigenvalue weighted by atomic mass is 9.84. The molecule has 2 aliphatic heterocycles. The number of nitrogens with zero attached hydrogens (tertiary/aromatic N) is 5. The molecule has 0 radical (unpaired) electrons. The van der Waals surface area contributed by atoms with Gasteiger partial charge in [-0.05, 0) is 49.6 Å². The number of likely N-dealkylation sites (tertiary alicyclic amines) is 1. The van der Waals surface area contributed by atoms with E-state index >= 15 is 0 Å². The van der Waals surface area contributed by atoms with E-state index in [9.17, 15) is 5.26 Å². The van der Waals surface area contributed by atoms with Crippen molar-refractivity contribution in [3.63, 3.8) is 0 Å². The third kappa shape index (κ3) is 3.85. The van der Waals surface area contributed by atoms with E-state index in [-0.39, 0.29) is 5.92 Å². The van der Waals surface area contributed by atoms with Gasteiger partial charge in [0.05, 0.1) is 36.3 Å². The van der Waals surface area contributed by atoms with Crippen LogP contribution in [0, 0.1) is 18.3 Å². The molecule has 7 heteroatoms. The van der Waals surface area contributed by atoms with Gasteiger partial charge >= 0.3 is 0 Å². The Bertz CT molecular complexity index is 1250. The smallest absolute Gasteiger partial charge is 0.237 e. The van der Waals surface area contributed by atoms with Crippen LogP contribution >= 0.6 is 0 Å². The summed E-state index contributed by atoms with van der Waals surface area (Å²) in [4.78, 5) is 6.80. The van der Waals surface area contributed by atoms with Crippen molar-refractivity contribution in [2.45, 2.75) is 25.7 Å². The molecule has 0 unspecified atom stereocenters. The second kappa shape index (κ2) is 8.83. The van der Waals surface area contributed by atoms with Gasteiger partial charge in [-0.3, -0.25) is 0 Å². The largest absolute Gasteiger partial charge is 0.497 e. The monoisotopic (exact) mass is 439 g/mol. The van der Waals surface area contributed by atoms with Crippen LogP contribution < -0.4 is 9.47 Å². The highest BCUT2D eigenvalue weighted by Crippen LogP contribution is 2.46. The Balaban J connectivity index is 1.67. The van der Waals surface area contributed by atoms with Gasteiger partial charge in [0.1, 0.15) is 17.4 Å². The minimum Gasteiger partial charge on any atom is -0.497 e. The summed E-state index contributed by atoms with van der Waals surface area (Å²) in [6.45, 7) is 3.88. The number of allylic oxidation sites excluding steroid dienone is 1. The van der Waals surface area contributed by atoms with Crippen LogP contribution in [0.2, 0.25) is 0 Å². The maximum absolute atomic E-state index is 10.2. The third-order valence-electron chi connectivity index (χ3n) is 6.11. The van der Waals surface area contributed by atoms with E-state index in [1.807, 2.05) is 61.5 Å². The fraction of sp³-hybridized carbons (Fsp3) is 0.269. The second-order valence-corrected chi connectivity index (χ2v) is 8.18. The lowest BCUT2D eigenvalue weighted by Gasteiger charge is -2.25. The van der Waals surface area contributed by atoms with Gasteiger partial charge in [0, 0.05) is 13.1 Å². The van der Waals surface area contributed by atoms with Gasteiger partial charge in [-0.15, -0.1) is 0 Å². The van der Waals surface area contributed by atoms with E-state index in [0.29, 0.717) is 17.3 Å². The number of para-hydroxylation sites is 1. The van der Waals surface area contributed by atoms with Crippen molar-refractivity contribution in [1.82, 2.24) is 14.7 Å². The second-order valence-electron chi connectivity index (χ2n) is 8.18. The molecule has 166 valence electrons. The van der Waals surface area contributed by atoms with Gasteiger partial charge in [0.25, 0.3) is 0 Å². The van der Waals surface area contributed by atoms with E-state index in [4.69, 9.17) is 14.6 Å². The molecule has 7 nitrogen and oxygen atoms in total. The van der Waals surface area contributed by atoms with Crippen molar-refractivity contribution in [3.8, 4) is 23.4 Å². The first-order chi connectivity index (χ1) is 16.2. The van der Waals surface area contributed by atoms with Crippen molar-refractivity contribution in [2.75, 3.05) is 20.2 Å². The average molecular weight is 440 g/mol. The van der Waals surface area contributed by atoms with Gasteiger partial charge in [0.2, 0.25) is 11.8 Å². The molecule has 0 N–H and O–H groups in total. The molecular formula is C26H25N5O2. The summed E-state index contributed by atoms with van der Waals surface area (Å²) >= 11 is 0. The molecule has 2 aromatic carbocycles. The fourth-order valence-corrected chi connectivity index (χ4v) is 4.44. The number of ether oxygens (including phenoxy) is 2. The van der Waals surface area contributed by atoms with E-state index in [2.05, 4.69) is 16.0 Å². The van der Waals surface area contributed by atoms with Crippen molar-refractivity contribution in [1.29, 1.82) is 5.26 Å². The molecule has 5 rings (SSSR count). The van der Waals surface area contributed by atoms with Gasteiger partial charge in [-0.25, -0.2) is 9.67 Å². The van der Waals surface area contributed by atoms with Crippen LogP contribution in [0.4, 0.5) is 0 Å². The van der Waals surface area contributed by atoms with E-state index in [1.54, 1.807) is 18.1 Å². The van der Waals surface area contributed by atoms with Gasteiger partial charge < -0.3 is 14.4 Å². The van der Waals surface area contributed by atoms with Gasteiger partial charge in [-0.2, -0.15) is 10.4 Å². The predicted molar refractivity (Wildman–Crippen MR) is 126 cm³/mol. The maximum Gasteiger partial charge on any atom is 0.237 e. The molecular weight excluding hydrogens is 414 g/mol. The number of methoxy groups -OCH3 is 1. The Morgan fingerprint density at radius 3 is 2.52 bits per heavy atom. The molecule has 2 aliphatic rings. The highest BCUT2D eigenvalue weighted by molar-refractivity contribution is 5.62. The molecule has 0 aliphatic carbocycles. The SMILES string of the molecule is COc1ccc([C@H]2C(C#N)=C(N=CN3CCCC3)Oc3c2c(C)nn3-c2ccccc2)cc1. The summed E-state index contributed by atoms with van der Waals surface area (Å²) in [6.07, 6.45) is 4.09. The van der Waals surface area contributed by atoms with Crippen molar-refractivity contribution < 1.29 is 9.47 Å². The number of aryl methyl sites for hydroxylation is 1. The van der Waals surface area contributed by atoms with Crippen molar-refractivity contribution in [3.05, 3.63) is 82.9 Å². The zero-order chi connectivity index (χ0) is 22.8. The molecule has 0 spiro atoms. The molecule has 3 aromatic rings. The Morgan fingerprint density at radius 1 is 1.12 bits per heavy atom. The molecule has 0 bridgehead atoms. The van der Waals surface area contributed by atoms with E-state index in [0.717, 1.165) is 54.2 Å². The molecule has 1 aromatic heterocycles.